The van der Waals surface area contributed by atoms with Gasteiger partial charge in [0.05, 0.1) is 25.6 Å². The molecule has 0 atom stereocenters. The van der Waals surface area contributed by atoms with E-state index in [2.05, 4.69) is 15.3 Å². The molecule has 2 heterocycles. The van der Waals surface area contributed by atoms with Crippen molar-refractivity contribution in [2.24, 2.45) is 0 Å². The number of rotatable bonds is 5. The second-order valence-corrected chi connectivity index (χ2v) is 8.21. The number of amides is 1. The number of nitrogens with zero attached hydrogens (tertiary/aromatic N) is 2. The average molecular weight is 380 g/mol. The van der Waals surface area contributed by atoms with Crippen molar-refractivity contribution in [1.29, 1.82) is 0 Å². The van der Waals surface area contributed by atoms with Crippen LogP contribution >= 0.6 is 11.3 Å². The summed E-state index contributed by atoms with van der Waals surface area (Å²) >= 11 is 1.13. The largest absolute Gasteiger partial charge is 0.465 e. The number of hydrogen-bond acceptors (Lipinski definition) is 7. The zero-order valence-electron chi connectivity index (χ0n) is 15.8. The monoisotopic (exact) mass is 380 g/mol. The number of fused-ring (bicyclic) bond motifs is 1. The van der Waals surface area contributed by atoms with Gasteiger partial charge < -0.3 is 15.0 Å². The molecule has 142 valence electrons. The normalized spacial score (nSPS) is 11.8. The number of carbonyl (C=O) groups excluding carboxylic acids is 2. The van der Waals surface area contributed by atoms with Crippen molar-refractivity contribution in [3.8, 4) is 0 Å². The molecule has 2 N–H and O–H groups in total. The van der Waals surface area contributed by atoms with Crippen LogP contribution in [0.2, 0.25) is 0 Å². The van der Waals surface area contributed by atoms with Crippen molar-refractivity contribution in [2.45, 2.75) is 39.8 Å². The van der Waals surface area contributed by atoms with Crippen LogP contribution in [0, 0.1) is 6.92 Å². The molecular weight excluding hydrogens is 356 g/mol. The van der Waals surface area contributed by atoms with E-state index < -0.39 is 5.97 Å². The summed E-state index contributed by atoms with van der Waals surface area (Å²) in [6, 6.07) is 0. The molecule has 0 unspecified atom stereocenters. The molecule has 0 fully saturated rings. The fourth-order valence-corrected chi connectivity index (χ4v) is 3.68. The van der Waals surface area contributed by atoms with E-state index in [4.69, 9.17) is 4.74 Å². The van der Waals surface area contributed by atoms with Gasteiger partial charge in [-0.15, -0.1) is 11.3 Å². The lowest BCUT2D eigenvalue weighted by molar-refractivity contribution is -0.123. The highest BCUT2D eigenvalue weighted by molar-refractivity contribution is 7.20. The van der Waals surface area contributed by atoms with Gasteiger partial charge in [0.1, 0.15) is 15.5 Å². The van der Waals surface area contributed by atoms with E-state index >= 15 is 0 Å². The van der Waals surface area contributed by atoms with Crippen LogP contribution in [0.25, 0.3) is 10.2 Å². The number of hydrogen-bond donors (Lipinski definition) is 2. The number of ether oxygens (including phenoxy) is 1. The number of esters is 1. The first-order valence-corrected chi connectivity index (χ1v) is 8.93. The highest BCUT2D eigenvalue weighted by Gasteiger charge is 2.20. The molecule has 0 aliphatic rings. The summed E-state index contributed by atoms with van der Waals surface area (Å²) < 4.78 is 4.74. The smallest absolute Gasteiger partial charge is 0.348 e. The highest BCUT2D eigenvalue weighted by Crippen LogP contribution is 2.27. The fourth-order valence-electron chi connectivity index (χ4n) is 2.57. The van der Waals surface area contributed by atoms with Crippen LogP contribution in [-0.4, -0.2) is 53.0 Å². The van der Waals surface area contributed by atoms with E-state index in [0.717, 1.165) is 11.3 Å². The van der Waals surface area contributed by atoms with Gasteiger partial charge in [-0.1, -0.05) is 0 Å². The molecule has 2 aromatic heterocycles. The van der Waals surface area contributed by atoms with Crippen molar-refractivity contribution < 1.29 is 14.3 Å². The molecule has 9 heteroatoms. The Labute approximate surface area is 155 Å². The zero-order valence-corrected chi connectivity index (χ0v) is 16.7. The molecule has 2 rings (SSSR count). The van der Waals surface area contributed by atoms with Crippen LogP contribution in [0.3, 0.4) is 0 Å². The molecule has 0 saturated carbocycles. The third-order valence-electron chi connectivity index (χ3n) is 3.57. The van der Waals surface area contributed by atoms with Crippen LogP contribution in [-0.2, 0) is 16.1 Å². The molecule has 8 nitrogen and oxygen atoms in total. The number of likely N-dealkylation sites (N-methyl/N-ethyl adjacent to an activating group) is 1. The summed E-state index contributed by atoms with van der Waals surface area (Å²) in [4.78, 5) is 46.0. The number of aromatic nitrogens is 2. The van der Waals surface area contributed by atoms with Gasteiger partial charge in [-0.05, 0) is 40.3 Å². The molecule has 0 bridgehead atoms. The van der Waals surface area contributed by atoms with Gasteiger partial charge in [-0.25, -0.2) is 9.78 Å². The fraction of sp³-hybridized carbons (Fsp3) is 0.529. The first-order chi connectivity index (χ1) is 12.0. The Bertz CT molecular complexity index is 895. The van der Waals surface area contributed by atoms with E-state index in [1.54, 1.807) is 18.9 Å². The number of H-pyrrole nitrogens is 1. The SMILES string of the molecule is COC(=O)c1sc2nc(CN(C)CC(=O)NC(C)(C)C)[nH]c(=O)c2c1C. The predicted molar refractivity (Wildman–Crippen MR) is 101 cm³/mol. The van der Waals surface area contributed by atoms with Gasteiger partial charge in [0, 0.05) is 5.54 Å². The third kappa shape index (κ3) is 4.67. The lowest BCUT2D eigenvalue weighted by Crippen LogP contribution is -2.45. The van der Waals surface area contributed by atoms with Crippen molar-refractivity contribution in [3.05, 3.63) is 26.6 Å². The molecule has 2 aromatic rings. The summed E-state index contributed by atoms with van der Waals surface area (Å²) in [6.07, 6.45) is 0. The maximum atomic E-state index is 12.4. The highest BCUT2D eigenvalue weighted by atomic mass is 32.1. The molecule has 0 saturated heterocycles. The number of aryl methyl sites for hydroxylation is 1. The Kier molecular flexibility index (Phi) is 5.82. The number of methoxy groups -OCH3 is 1. The minimum atomic E-state index is -0.484. The van der Waals surface area contributed by atoms with E-state index in [9.17, 15) is 14.4 Å². The van der Waals surface area contributed by atoms with Crippen LogP contribution < -0.4 is 10.9 Å². The van der Waals surface area contributed by atoms with Crippen LogP contribution in [0.5, 0.6) is 0 Å². The van der Waals surface area contributed by atoms with Gasteiger partial charge in [0.25, 0.3) is 5.56 Å². The molecule has 0 aliphatic carbocycles. The molecular formula is C17H24N4O4S. The van der Waals surface area contributed by atoms with Gasteiger partial charge in [-0.2, -0.15) is 0 Å². The molecule has 0 aromatic carbocycles. The van der Waals surface area contributed by atoms with E-state index in [1.165, 1.54) is 7.11 Å². The molecule has 0 aliphatic heterocycles. The molecule has 0 spiro atoms. The summed E-state index contributed by atoms with van der Waals surface area (Å²) in [6.45, 7) is 7.91. The lowest BCUT2D eigenvalue weighted by Gasteiger charge is -2.23. The predicted octanol–water partition coefficient (Wildman–Crippen LogP) is 1.43. The second-order valence-electron chi connectivity index (χ2n) is 7.21. The van der Waals surface area contributed by atoms with Crippen LogP contribution in [0.4, 0.5) is 0 Å². The summed E-state index contributed by atoms with van der Waals surface area (Å²) in [5.74, 6) is -0.156. The number of thiophene rings is 1. The van der Waals surface area contributed by atoms with Crippen molar-refractivity contribution >= 4 is 33.4 Å². The zero-order chi connectivity index (χ0) is 19.6. The third-order valence-corrected chi connectivity index (χ3v) is 4.73. The standard InChI is InChI=1S/C17H24N4O4S/c1-9-12-14(23)18-10(19-15(12)26-13(9)16(24)25-6)7-21(5)8-11(22)20-17(2,3)4/h7-8H2,1-6H3,(H,20,22)(H,18,19,23). The van der Waals surface area contributed by atoms with E-state index in [1.807, 2.05) is 20.8 Å². The topological polar surface area (TPSA) is 104 Å². The van der Waals surface area contributed by atoms with Gasteiger partial charge >= 0.3 is 5.97 Å². The van der Waals surface area contributed by atoms with Gasteiger partial charge in [-0.3, -0.25) is 14.5 Å². The number of nitrogens with one attached hydrogen (secondary N) is 2. The van der Waals surface area contributed by atoms with E-state index in [0.29, 0.717) is 33.0 Å². The minimum absolute atomic E-state index is 0.108. The quantitative estimate of drug-likeness (QED) is 0.761. The Morgan fingerprint density at radius 1 is 1.35 bits per heavy atom. The lowest BCUT2D eigenvalue weighted by atomic mass is 10.1. The summed E-state index contributed by atoms with van der Waals surface area (Å²) in [7, 11) is 3.07. The van der Waals surface area contributed by atoms with Crippen molar-refractivity contribution in [1.82, 2.24) is 20.2 Å². The minimum Gasteiger partial charge on any atom is -0.465 e. The van der Waals surface area contributed by atoms with E-state index in [-0.39, 0.29) is 23.6 Å². The molecule has 0 radical (unpaired) electrons. The average Bonchev–Trinajstić information content (AvgIpc) is 2.81. The Morgan fingerprint density at radius 3 is 2.58 bits per heavy atom. The Balaban J connectivity index is 2.22. The first-order valence-electron chi connectivity index (χ1n) is 8.12. The second kappa shape index (κ2) is 7.55. The van der Waals surface area contributed by atoms with Gasteiger partial charge in [0.15, 0.2) is 0 Å². The maximum Gasteiger partial charge on any atom is 0.348 e. The Hall–Kier alpha value is -2.26. The molecule has 26 heavy (non-hydrogen) atoms. The van der Waals surface area contributed by atoms with Crippen molar-refractivity contribution in [2.75, 3.05) is 20.7 Å². The Morgan fingerprint density at radius 2 is 2.00 bits per heavy atom. The van der Waals surface area contributed by atoms with Gasteiger partial charge in [0.2, 0.25) is 5.91 Å². The summed E-state index contributed by atoms with van der Waals surface area (Å²) in [5, 5.41) is 3.28. The van der Waals surface area contributed by atoms with Crippen molar-refractivity contribution in [3.63, 3.8) is 0 Å². The summed E-state index contributed by atoms with van der Waals surface area (Å²) in [5.41, 5.74) is -0.0427. The maximum absolute atomic E-state index is 12.4. The van der Waals surface area contributed by atoms with Crippen LogP contribution in [0.1, 0.15) is 41.8 Å². The van der Waals surface area contributed by atoms with Crippen LogP contribution in [0.15, 0.2) is 4.79 Å². The molecule has 1 amide bonds. The number of carbonyl (C=O) groups is 2. The number of aromatic amines is 1. The first kappa shape index (κ1) is 20.1.